The molecule has 3 aromatic rings. The fraction of sp³-hybridized carbons (Fsp3) is 0.296. The average Bonchev–Trinajstić information content (AvgIpc) is 3.32. The van der Waals surface area contributed by atoms with E-state index in [9.17, 15) is 19.8 Å². The minimum absolute atomic E-state index is 0.307. The molecule has 2 unspecified atom stereocenters. The zero-order chi connectivity index (χ0) is 26.8. The second kappa shape index (κ2) is 13.7. The Kier molecular flexibility index (Phi) is 10.3. The zero-order valence-corrected chi connectivity index (χ0v) is 21.9. The first-order chi connectivity index (χ1) is 17.7. The van der Waals surface area contributed by atoms with Crippen molar-refractivity contribution >= 4 is 35.1 Å². The number of ether oxygens (including phenoxy) is 1. The molecule has 4 N–H and O–H groups in total. The highest BCUT2D eigenvalue weighted by molar-refractivity contribution is 7.08. The van der Waals surface area contributed by atoms with Crippen LogP contribution in [-0.4, -0.2) is 65.5 Å². The molecular formula is C27H32N4O5S. The maximum absolute atomic E-state index is 13.0. The summed E-state index contributed by atoms with van der Waals surface area (Å²) in [7, 11) is 1.59. The van der Waals surface area contributed by atoms with Crippen molar-refractivity contribution in [3.8, 4) is 5.75 Å². The van der Waals surface area contributed by atoms with Crippen molar-refractivity contribution in [1.29, 1.82) is 0 Å². The largest absolute Gasteiger partial charge is 0.497 e. The van der Waals surface area contributed by atoms with Crippen LogP contribution in [-0.2, 0) is 6.54 Å². The Labute approximate surface area is 220 Å². The molecule has 0 bridgehead atoms. The summed E-state index contributed by atoms with van der Waals surface area (Å²) < 4.78 is 5.12. The highest BCUT2D eigenvalue weighted by Crippen LogP contribution is 2.22. The molecule has 1 aromatic heterocycles. The van der Waals surface area contributed by atoms with Crippen LogP contribution in [0.1, 0.15) is 45.7 Å². The standard InChI is InChI=1S/C27H32N4O5S/c1-18(32)13-31(14-19(2)33)15-21-5-4-6-22(11-21)26(34)29-25-17-37-16-24(25)27(35)30-28-12-20-7-9-23(36-3)10-8-20/h4-12,16-19,32-33H,13-15H2,1-3H3,(H,29,34)(H,30,35)/b28-12+. The number of hydrogen-bond donors (Lipinski definition) is 4. The molecule has 1 heterocycles. The van der Waals surface area contributed by atoms with Gasteiger partial charge in [0, 0.05) is 36.0 Å². The van der Waals surface area contributed by atoms with Gasteiger partial charge in [-0.3, -0.25) is 14.5 Å². The second-order valence-electron chi connectivity index (χ2n) is 8.72. The fourth-order valence-electron chi connectivity index (χ4n) is 3.70. The lowest BCUT2D eigenvalue weighted by Gasteiger charge is -2.25. The summed E-state index contributed by atoms with van der Waals surface area (Å²) in [4.78, 5) is 27.5. The smallest absolute Gasteiger partial charge is 0.274 e. The maximum atomic E-state index is 13.0. The molecule has 2 atom stereocenters. The van der Waals surface area contributed by atoms with Gasteiger partial charge >= 0.3 is 0 Å². The number of hydrogen-bond acceptors (Lipinski definition) is 8. The lowest BCUT2D eigenvalue weighted by atomic mass is 10.1. The number of rotatable bonds is 12. The van der Waals surface area contributed by atoms with Crippen molar-refractivity contribution in [2.75, 3.05) is 25.5 Å². The van der Waals surface area contributed by atoms with E-state index in [1.807, 2.05) is 23.1 Å². The van der Waals surface area contributed by atoms with E-state index in [1.165, 1.54) is 17.6 Å². The summed E-state index contributed by atoms with van der Waals surface area (Å²) in [6.07, 6.45) is 0.425. The van der Waals surface area contributed by atoms with Crippen LogP contribution in [0.25, 0.3) is 0 Å². The van der Waals surface area contributed by atoms with Crippen LogP contribution in [0.2, 0.25) is 0 Å². The summed E-state index contributed by atoms with van der Waals surface area (Å²) in [6.45, 7) is 4.65. The Morgan fingerprint density at radius 3 is 2.41 bits per heavy atom. The third-order valence-electron chi connectivity index (χ3n) is 5.29. The van der Waals surface area contributed by atoms with Crippen molar-refractivity contribution in [3.63, 3.8) is 0 Å². The van der Waals surface area contributed by atoms with Crippen LogP contribution in [0.5, 0.6) is 5.75 Å². The number of carbonyl (C=O) groups excluding carboxylic acids is 2. The van der Waals surface area contributed by atoms with Gasteiger partial charge in [0.25, 0.3) is 11.8 Å². The Morgan fingerprint density at radius 2 is 1.76 bits per heavy atom. The number of aliphatic hydroxyl groups is 2. The molecule has 196 valence electrons. The van der Waals surface area contributed by atoms with Gasteiger partial charge in [0.1, 0.15) is 5.75 Å². The lowest BCUT2D eigenvalue weighted by molar-refractivity contribution is 0.0793. The third kappa shape index (κ3) is 8.80. The van der Waals surface area contributed by atoms with Gasteiger partial charge in [-0.15, -0.1) is 11.3 Å². The predicted octanol–water partition coefficient (Wildman–Crippen LogP) is 3.34. The first-order valence-electron chi connectivity index (χ1n) is 11.8. The fourth-order valence-corrected chi connectivity index (χ4v) is 4.46. The van der Waals surface area contributed by atoms with Crippen LogP contribution in [0.3, 0.4) is 0 Å². The van der Waals surface area contributed by atoms with Crippen LogP contribution in [0.4, 0.5) is 5.69 Å². The molecule has 0 fully saturated rings. The molecular weight excluding hydrogens is 492 g/mol. The number of aliphatic hydroxyl groups excluding tert-OH is 2. The van der Waals surface area contributed by atoms with E-state index in [1.54, 1.807) is 62.0 Å². The Morgan fingerprint density at radius 1 is 1.05 bits per heavy atom. The van der Waals surface area contributed by atoms with E-state index < -0.39 is 18.1 Å². The number of nitrogens with one attached hydrogen (secondary N) is 2. The molecule has 0 aliphatic carbocycles. The van der Waals surface area contributed by atoms with E-state index in [0.717, 1.165) is 16.9 Å². The van der Waals surface area contributed by atoms with Crippen LogP contribution >= 0.6 is 11.3 Å². The van der Waals surface area contributed by atoms with Crippen LogP contribution in [0, 0.1) is 0 Å². The maximum Gasteiger partial charge on any atom is 0.274 e. The molecule has 0 aliphatic heterocycles. The van der Waals surface area contributed by atoms with Gasteiger partial charge in [0.2, 0.25) is 0 Å². The normalized spacial score (nSPS) is 12.9. The minimum atomic E-state index is -0.547. The van der Waals surface area contributed by atoms with E-state index in [4.69, 9.17) is 4.74 Å². The summed E-state index contributed by atoms with van der Waals surface area (Å²) >= 11 is 1.29. The molecule has 37 heavy (non-hydrogen) atoms. The quantitative estimate of drug-likeness (QED) is 0.213. The second-order valence-corrected chi connectivity index (χ2v) is 9.46. The first-order valence-corrected chi connectivity index (χ1v) is 12.7. The molecule has 2 aromatic carbocycles. The van der Waals surface area contributed by atoms with Crippen molar-refractivity contribution < 1.29 is 24.5 Å². The monoisotopic (exact) mass is 524 g/mol. The zero-order valence-electron chi connectivity index (χ0n) is 21.0. The molecule has 0 aliphatic rings. The summed E-state index contributed by atoms with van der Waals surface area (Å²) in [6, 6.07) is 14.3. The highest BCUT2D eigenvalue weighted by atomic mass is 32.1. The van der Waals surface area contributed by atoms with E-state index >= 15 is 0 Å². The number of hydrazone groups is 1. The van der Waals surface area contributed by atoms with E-state index in [-0.39, 0.29) is 5.91 Å². The Bertz CT molecular complexity index is 1200. The molecule has 0 radical (unpaired) electrons. The molecule has 0 saturated carbocycles. The predicted molar refractivity (Wildman–Crippen MR) is 145 cm³/mol. The third-order valence-corrected chi connectivity index (χ3v) is 6.03. The molecule has 9 nitrogen and oxygen atoms in total. The number of carbonyl (C=O) groups is 2. The van der Waals surface area contributed by atoms with E-state index in [0.29, 0.717) is 36.4 Å². The molecule has 2 amide bonds. The summed E-state index contributed by atoms with van der Waals surface area (Å²) in [5.74, 6) is -0.0715. The number of nitrogens with zero attached hydrogens (tertiary/aromatic N) is 2. The number of anilines is 1. The van der Waals surface area contributed by atoms with Crippen molar-refractivity contribution in [1.82, 2.24) is 10.3 Å². The van der Waals surface area contributed by atoms with Crippen molar-refractivity contribution in [3.05, 3.63) is 81.5 Å². The highest BCUT2D eigenvalue weighted by Gasteiger charge is 2.17. The van der Waals surface area contributed by atoms with Gasteiger partial charge in [-0.25, -0.2) is 5.43 Å². The van der Waals surface area contributed by atoms with Crippen LogP contribution in [0.15, 0.2) is 64.4 Å². The van der Waals surface area contributed by atoms with E-state index in [2.05, 4.69) is 15.8 Å². The van der Waals surface area contributed by atoms with Crippen LogP contribution < -0.4 is 15.5 Å². The van der Waals surface area contributed by atoms with Gasteiger partial charge in [0.05, 0.1) is 36.8 Å². The summed E-state index contributed by atoms with van der Waals surface area (Å²) in [5.41, 5.74) is 5.27. The Hall–Kier alpha value is -3.57. The first kappa shape index (κ1) is 28.0. The molecule has 0 spiro atoms. The molecule has 3 rings (SSSR count). The van der Waals surface area contributed by atoms with Gasteiger partial charge in [-0.05, 0) is 61.4 Å². The van der Waals surface area contributed by atoms with Crippen molar-refractivity contribution in [2.45, 2.75) is 32.6 Å². The molecule has 10 heteroatoms. The number of thiophene rings is 1. The van der Waals surface area contributed by atoms with Gasteiger partial charge in [-0.2, -0.15) is 5.10 Å². The average molecular weight is 525 g/mol. The summed E-state index contributed by atoms with van der Waals surface area (Å²) in [5, 5.41) is 29.7. The number of methoxy groups -OCH3 is 1. The van der Waals surface area contributed by atoms with Crippen molar-refractivity contribution in [2.24, 2.45) is 5.10 Å². The topological polar surface area (TPSA) is 123 Å². The lowest BCUT2D eigenvalue weighted by Crippen LogP contribution is -2.35. The van der Waals surface area contributed by atoms with Gasteiger partial charge in [0.15, 0.2) is 0 Å². The number of amides is 2. The SMILES string of the molecule is COc1ccc(/C=N/NC(=O)c2cscc2NC(=O)c2cccc(CN(CC(C)O)CC(C)O)c2)cc1. The number of benzene rings is 2. The molecule has 0 saturated heterocycles. The Balaban J connectivity index is 1.63. The minimum Gasteiger partial charge on any atom is -0.497 e. The van der Waals surface area contributed by atoms with Gasteiger partial charge in [-0.1, -0.05) is 12.1 Å². The van der Waals surface area contributed by atoms with Gasteiger partial charge < -0.3 is 20.3 Å².